The summed E-state index contributed by atoms with van der Waals surface area (Å²) in [5.74, 6) is 0.844. The number of methoxy groups -OCH3 is 2. The van der Waals surface area contributed by atoms with Crippen molar-refractivity contribution in [2.75, 3.05) is 14.2 Å². The molecule has 2 aromatic carbocycles. The van der Waals surface area contributed by atoms with Crippen LogP contribution in [0.5, 0.6) is 11.5 Å². The number of nitrogens with zero attached hydrogens (tertiary/aromatic N) is 1. The quantitative estimate of drug-likeness (QED) is 0.674. The fourth-order valence-corrected chi connectivity index (χ4v) is 2.28. The van der Waals surface area contributed by atoms with Crippen LogP contribution < -0.4 is 14.9 Å². The number of rotatable bonds is 5. The van der Waals surface area contributed by atoms with Crippen molar-refractivity contribution >= 4 is 23.7 Å². The van der Waals surface area contributed by atoms with Crippen LogP contribution in [0.15, 0.2) is 41.5 Å². The van der Waals surface area contributed by atoms with Crippen LogP contribution in [0.2, 0.25) is 5.02 Å². The molecule has 2 aromatic rings. The molecule has 0 saturated carbocycles. The third-order valence-corrected chi connectivity index (χ3v) is 3.47. The smallest absolute Gasteiger partial charge is 0.272 e. The van der Waals surface area contributed by atoms with Crippen molar-refractivity contribution in [3.8, 4) is 11.5 Å². The maximum Gasteiger partial charge on any atom is 0.272 e. The molecule has 0 aliphatic rings. The molecular formula is C17H17ClN2O3. The average Bonchev–Trinajstić information content (AvgIpc) is 2.54. The van der Waals surface area contributed by atoms with E-state index in [9.17, 15) is 4.79 Å². The Morgan fingerprint density at radius 3 is 2.52 bits per heavy atom. The van der Waals surface area contributed by atoms with Gasteiger partial charge < -0.3 is 9.47 Å². The normalized spacial score (nSPS) is 10.6. The minimum absolute atomic E-state index is 0.369. The predicted octanol–water partition coefficient (Wildman–Crippen LogP) is 3.43. The first-order valence-electron chi connectivity index (χ1n) is 6.86. The molecule has 0 saturated heterocycles. The first kappa shape index (κ1) is 16.8. The van der Waals surface area contributed by atoms with Crippen molar-refractivity contribution in [3.05, 3.63) is 58.1 Å². The van der Waals surface area contributed by atoms with E-state index in [1.165, 1.54) is 6.21 Å². The van der Waals surface area contributed by atoms with Gasteiger partial charge in [0.1, 0.15) is 0 Å². The summed E-state index contributed by atoms with van der Waals surface area (Å²) in [5, 5.41) is 4.33. The molecule has 120 valence electrons. The van der Waals surface area contributed by atoms with Crippen LogP contribution in [0.4, 0.5) is 0 Å². The van der Waals surface area contributed by atoms with Gasteiger partial charge >= 0.3 is 0 Å². The fraction of sp³-hybridized carbons (Fsp3) is 0.176. The van der Waals surface area contributed by atoms with Gasteiger partial charge in [0.05, 0.1) is 31.0 Å². The first-order chi connectivity index (χ1) is 11.0. The molecule has 2 rings (SSSR count). The molecule has 0 unspecified atom stereocenters. The van der Waals surface area contributed by atoms with Gasteiger partial charge in [-0.05, 0) is 48.4 Å². The van der Waals surface area contributed by atoms with E-state index in [1.807, 2.05) is 13.0 Å². The second-order valence-electron chi connectivity index (χ2n) is 4.80. The highest BCUT2D eigenvalue weighted by Gasteiger charge is 2.09. The SMILES string of the molecule is COc1ccc(C=NNC(=O)c2ccc(C)cc2Cl)cc1OC. The molecule has 0 spiro atoms. The number of halogens is 1. The first-order valence-corrected chi connectivity index (χ1v) is 7.24. The van der Waals surface area contributed by atoms with Gasteiger partial charge in [0.2, 0.25) is 0 Å². The monoisotopic (exact) mass is 332 g/mol. The van der Waals surface area contributed by atoms with Crippen molar-refractivity contribution in [2.45, 2.75) is 6.92 Å². The van der Waals surface area contributed by atoms with E-state index in [1.54, 1.807) is 44.6 Å². The topological polar surface area (TPSA) is 59.9 Å². The van der Waals surface area contributed by atoms with E-state index in [-0.39, 0.29) is 5.91 Å². The van der Waals surface area contributed by atoms with E-state index >= 15 is 0 Å². The summed E-state index contributed by atoms with van der Waals surface area (Å²) in [7, 11) is 3.12. The lowest BCUT2D eigenvalue weighted by Gasteiger charge is -2.07. The summed E-state index contributed by atoms with van der Waals surface area (Å²) in [4.78, 5) is 12.0. The highest BCUT2D eigenvalue weighted by molar-refractivity contribution is 6.33. The van der Waals surface area contributed by atoms with E-state index < -0.39 is 0 Å². The summed E-state index contributed by atoms with van der Waals surface area (Å²) in [5.41, 5.74) is 4.57. The lowest BCUT2D eigenvalue weighted by molar-refractivity contribution is 0.0955. The highest BCUT2D eigenvalue weighted by Crippen LogP contribution is 2.26. The van der Waals surface area contributed by atoms with Gasteiger partial charge in [0.15, 0.2) is 11.5 Å². The molecule has 0 fully saturated rings. The molecule has 1 amide bonds. The van der Waals surface area contributed by atoms with Gasteiger partial charge in [-0.1, -0.05) is 17.7 Å². The Balaban J connectivity index is 2.08. The Morgan fingerprint density at radius 2 is 1.87 bits per heavy atom. The zero-order valence-corrected chi connectivity index (χ0v) is 13.8. The molecule has 6 heteroatoms. The number of hydrogen-bond acceptors (Lipinski definition) is 4. The molecule has 0 radical (unpaired) electrons. The molecule has 0 atom stereocenters. The standard InChI is InChI=1S/C17H17ClN2O3/c1-11-4-6-13(14(18)8-11)17(21)20-19-10-12-5-7-15(22-2)16(9-12)23-3/h4-10H,1-3H3,(H,20,21). The second kappa shape index (κ2) is 7.65. The zero-order chi connectivity index (χ0) is 16.8. The number of carbonyl (C=O) groups is 1. The number of amides is 1. The minimum Gasteiger partial charge on any atom is -0.493 e. The highest BCUT2D eigenvalue weighted by atomic mass is 35.5. The molecule has 0 bridgehead atoms. The number of nitrogens with one attached hydrogen (secondary N) is 1. The number of benzene rings is 2. The van der Waals surface area contributed by atoms with Gasteiger partial charge in [-0.15, -0.1) is 0 Å². The Bertz CT molecular complexity index is 745. The molecule has 5 nitrogen and oxygen atoms in total. The van der Waals surface area contributed by atoms with Gasteiger partial charge in [-0.2, -0.15) is 5.10 Å². The van der Waals surface area contributed by atoms with Crippen molar-refractivity contribution < 1.29 is 14.3 Å². The summed E-state index contributed by atoms with van der Waals surface area (Å²) in [6, 6.07) is 10.5. The summed E-state index contributed by atoms with van der Waals surface area (Å²) < 4.78 is 10.4. The van der Waals surface area contributed by atoms with Crippen LogP contribution in [-0.2, 0) is 0 Å². The van der Waals surface area contributed by atoms with Crippen LogP contribution in [0.25, 0.3) is 0 Å². The van der Waals surface area contributed by atoms with Crippen molar-refractivity contribution in [2.24, 2.45) is 5.10 Å². The van der Waals surface area contributed by atoms with Crippen LogP contribution in [0.3, 0.4) is 0 Å². The van der Waals surface area contributed by atoms with Gasteiger partial charge in [0, 0.05) is 0 Å². The van der Waals surface area contributed by atoms with Crippen LogP contribution in [0, 0.1) is 6.92 Å². The van der Waals surface area contributed by atoms with Crippen LogP contribution >= 0.6 is 11.6 Å². The summed E-state index contributed by atoms with van der Waals surface area (Å²) >= 11 is 6.05. The molecule has 0 aliphatic heterocycles. The second-order valence-corrected chi connectivity index (χ2v) is 5.20. The minimum atomic E-state index is -0.369. The van der Waals surface area contributed by atoms with E-state index in [4.69, 9.17) is 21.1 Å². The zero-order valence-electron chi connectivity index (χ0n) is 13.1. The third-order valence-electron chi connectivity index (χ3n) is 3.16. The number of aryl methyl sites for hydroxylation is 1. The Hall–Kier alpha value is -2.53. The Kier molecular flexibility index (Phi) is 5.60. The molecule has 23 heavy (non-hydrogen) atoms. The van der Waals surface area contributed by atoms with E-state index in [2.05, 4.69) is 10.5 Å². The summed E-state index contributed by atoms with van der Waals surface area (Å²) in [6.45, 7) is 1.91. The number of hydrogen-bond donors (Lipinski definition) is 1. The van der Waals surface area contributed by atoms with Gasteiger partial charge in [0.25, 0.3) is 5.91 Å². The van der Waals surface area contributed by atoms with Crippen molar-refractivity contribution in [1.82, 2.24) is 5.43 Å². The largest absolute Gasteiger partial charge is 0.493 e. The molecular weight excluding hydrogens is 316 g/mol. The van der Waals surface area contributed by atoms with Crippen molar-refractivity contribution in [1.29, 1.82) is 0 Å². The van der Waals surface area contributed by atoms with E-state index in [0.29, 0.717) is 22.1 Å². The average molecular weight is 333 g/mol. The lowest BCUT2D eigenvalue weighted by Crippen LogP contribution is -2.18. The van der Waals surface area contributed by atoms with E-state index in [0.717, 1.165) is 11.1 Å². The van der Waals surface area contributed by atoms with Crippen LogP contribution in [-0.4, -0.2) is 26.3 Å². The maximum absolute atomic E-state index is 12.0. The Morgan fingerprint density at radius 1 is 1.13 bits per heavy atom. The molecule has 0 aliphatic carbocycles. The fourth-order valence-electron chi connectivity index (χ4n) is 1.96. The lowest BCUT2D eigenvalue weighted by atomic mass is 10.1. The Labute approximate surface area is 139 Å². The third kappa shape index (κ3) is 4.23. The molecule has 0 heterocycles. The number of carbonyl (C=O) groups excluding carboxylic acids is 1. The van der Waals surface area contributed by atoms with Gasteiger partial charge in [-0.3, -0.25) is 4.79 Å². The van der Waals surface area contributed by atoms with Crippen LogP contribution in [0.1, 0.15) is 21.5 Å². The molecule has 1 N–H and O–H groups in total. The number of hydrazone groups is 1. The predicted molar refractivity (Wildman–Crippen MR) is 90.8 cm³/mol. The van der Waals surface area contributed by atoms with Crippen molar-refractivity contribution in [3.63, 3.8) is 0 Å². The number of ether oxygens (including phenoxy) is 2. The maximum atomic E-state index is 12.0. The molecule has 0 aromatic heterocycles. The summed E-state index contributed by atoms with van der Waals surface area (Å²) in [6.07, 6.45) is 1.52. The van der Waals surface area contributed by atoms with Gasteiger partial charge in [-0.25, -0.2) is 5.43 Å².